The van der Waals surface area contributed by atoms with Crippen LogP contribution in [-0.4, -0.2) is 36.2 Å². The quantitative estimate of drug-likeness (QED) is 0.862. The normalized spacial score (nSPS) is 23.3. The van der Waals surface area contributed by atoms with Gasteiger partial charge in [0.05, 0.1) is 29.5 Å². The van der Waals surface area contributed by atoms with Crippen molar-refractivity contribution in [3.63, 3.8) is 0 Å². The molecule has 1 aliphatic rings. The van der Waals surface area contributed by atoms with Crippen molar-refractivity contribution in [3.8, 4) is 0 Å². The first-order valence-electron chi connectivity index (χ1n) is 6.13. The molecule has 1 fully saturated rings. The molecule has 104 valence electrons. The lowest BCUT2D eigenvalue weighted by Crippen LogP contribution is -2.52. The van der Waals surface area contributed by atoms with E-state index in [9.17, 15) is 9.18 Å². The number of hydrogen-bond acceptors (Lipinski definition) is 2. The molecule has 4 nitrogen and oxygen atoms in total. The lowest BCUT2D eigenvalue weighted by atomic mass is 10.1. The largest absolute Gasteiger partial charge is 0.375 e. The molecule has 1 aliphatic heterocycles. The smallest absolute Gasteiger partial charge is 0.322 e. The Hall–Kier alpha value is -1.33. The zero-order valence-corrected chi connectivity index (χ0v) is 11.6. The standard InChI is InChI=1S/C13H16ClFN2O2/c1-8-9(2)19-6-5-17(8)13(18)16-12-7-10(15)3-4-11(12)14/h3-4,7-9H,5-6H2,1-2H3,(H,16,18)/t8-,9+/m0/s1. The lowest BCUT2D eigenvalue weighted by molar-refractivity contribution is -0.0355. The van der Waals surface area contributed by atoms with E-state index in [1.165, 1.54) is 18.2 Å². The minimum atomic E-state index is -0.442. The van der Waals surface area contributed by atoms with E-state index in [0.29, 0.717) is 18.2 Å². The van der Waals surface area contributed by atoms with Gasteiger partial charge in [0.25, 0.3) is 0 Å². The molecule has 1 aromatic rings. The summed E-state index contributed by atoms with van der Waals surface area (Å²) >= 11 is 5.92. The van der Waals surface area contributed by atoms with Gasteiger partial charge in [-0.2, -0.15) is 0 Å². The van der Waals surface area contributed by atoms with E-state index in [1.54, 1.807) is 4.90 Å². The third kappa shape index (κ3) is 3.16. The number of nitrogens with zero attached hydrogens (tertiary/aromatic N) is 1. The van der Waals surface area contributed by atoms with E-state index < -0.39 is 5.82 Å². The highest BCUT2D eigenvalue weighted by Crippen LogP contribution is 2.23. The van der Waals surface area contributed by atoms with Gasteiger partial charge in [-0.05, 0) is 32.0 Å². The first-order valence-corrected chi connectivity index (χ1v) is 6.51. The molecular weight excluding hydrogens is 271 g/mol. The predicted molar refractivity (Wildman–Crippen MR) is 72.0 cm³/mol. The summed E-state index contributed by atoms with van der Waals surface area (Å²) in [4.78, 5) is 13.8. The van der Waals surface area contributed by atoms with Gasteiger partial charge in [-0.15, -0.1) is 0 Å². The van der Waals surface area contributed by atoms with E-state index >= 15 is 0 Å². The minimum Gasteiger partial charge on any atom is -0.375 e. The zero-order chi connectivity index (χ0) is 14.0. The second-order valence-corrected chi connectivity index (χ2v) is 4.97. The Balaban J connectivity index is 2.10. The van der Waals surface area contributed by atoms with Gasteiger partial charge in [0.15, 0.2) is 0 Å². The number of ether oxygens (including phenoxy) is 1. The van der Waals surface area contributed by atoms with Gasteiger partial charge in [0, 0.05) is 6.54 Å². The topological polar surface area (TPSA) is 41.6 Å². The number of rotatable bonds is 1. The SMILES string of the molecule is C[C@H]1OCCN(C(=O)Nc2cc(F)ccc2Cl)[C@H]1C. The third-order valence-corrected chi connectivity index (χ3v) is 3.64. The first kappa shape index (κ1) is 14.1. The minimum absolute atomic E-state index is 0.0255. The van der Waals surface area contributed by atoms with Crippen LogP contribution in [0.2, 0.25) is 5.02 Å². The fraction of sp³-hybridized carbons (Fsp3) is 0.462. The number of carbonyl (C=O) groups is 1. The molecule has 2 rings (SSSR count). The molecule has 0 unspecified atom stereocenters. The van der Waals surface area contributed by atoms with Gasteiger partial charge in [-0.1, -0.05) is 11.6 Å². The summed E-state index contributed by atoms with van der Waals surface area (Å²) in [7, 11) is 0. The summed E-state index contributed by atoms with van der Waals surface area (Å²) in [6.45, 7) is 4.83. The van der Waals surface area contributed by atoms with Crippen molar-refractivity contribution in [1.82, 2.24) is 4.90 Å². The van der Waals surface area contributed by atoms with Crippen molar-refractivity contribution in [2.24, 2.45) is 0 Å². The summed E-state index contributed by atoms with van der Waals surface area (Å²) in [5.74, 6) is -0.442. The zero-order valence-electron chi connectivity index (χ0n) is 10.8. The Morgan fingerprint density at radius 1 is 1.53 bits per heavy atom. The molecule has 0 radical (unpaired) electrons. The summed E-state index contributed by atoms with van der Waals surface area (Å²) in [6, 6.07) is 3.53. The van der Waals surface area contributed by atoms with E-state index in [1.807, 2.05) is 13.8 Å². The molecule has 6 heteroatoms. The second-order valence-electron chi connectivity index (χ2n) is 4.56. The Morgan fingerprint density at radius 2 is 2.26 bits per heavy atom. The number of anilines is 1. The summed E-state index contributed by atoms with van der Waals surface area (Å²) in [5.41, 5.74) is 0.276. The van der Waals surface area contributed by atoms with Gasteiger partial charge in [-0.3, -0.25) is 0 Å². The number of amides is 2. The molecule has 2 atom stereocenters. The van der Waals surface area contributed by atoms with Gasteiger partial charge < -0.3 is 15.0 Å². The second kappa shape index (κ2) is 5.75. The molecule has 0 aromatic heterocycles. The van der Waals surface area contributed by atoms with Crippen molar-refractivity contribution in [1.29, 1.82) is 0 Å². The highest BCUT2D eigenvalue weighted by molar-refractivity contribution is 6.33. The molecule has 0 aliphatic carbocycles. The van der Waals surface area contributed by atoms with Crippen LogP contribution in [0.15, 0.2) is 18.2 Å². The van der Waals surface area contributed by atoms with Crippen LogP contribution in [0.3, 0.4) is 0 Å². The van der Waals surface area contributed by atoms with E-state index in [2.05, 4.69) is 5.32 Å². The highest BCUT2D eigenvalue weighted by atomic mass is 35.5. The molecule has 1 N–H and O–H groups in total. The van der Waals surface area contributed by atoms with Crippen LogP contribution in [0.5, 0.6) is 0 Å². The van der Waals surface area contributed by atoms with E-state index in [0.717, 1.165) is 0 Å². The number of benzene rings is 1. The maximum Gasteiger partial charge on any atom is 0.322 e. The molecule has 1 saturated heterocycles. The number of hydrogen-bond donors (Lipinski definition) is 1. The number of halogens is 2. The van der Waals surface area contributed by atoms with Crippen molar-refractivity contribution in [2.45, 2.75) is 26.0 Å². The van der Waals surface area contributed by atoms with Crippen molar-refractivity contribution in [3.05, 3.63) is 29.0 Å². The number of urea groups is 1. The molecule has 1 heterocycles. The molecule has 0 bridgehead atoms. The Kier molecular flexibility index (Phi) is 4.27. The Labute approximate surface area is 116 Å². The molecule has 1 aromatic carbocycles. The van der Waals surface area contributed by atoms with Gasteiger partial charge in [0.2, 0.25) is 0 Å². The maximum atomic E-state index is 13.1. The molecule has 0 saturated carbocycles. The highest BCUT2D eigenvalue weighted by Gasteiger charge is 2.29. The van der Waals surface area contributed by atoms with Crippen molar-refractivity contribution < 1.29 is 13.9 Å². The van der Waals surface area contributed by atoms with Crippen LogP contribution in [0.25, 0.3) is 0 Å². The number of nitrogens with one attached hydrogen (secondary N) is 1. The molecule has 2 amide bonds. The fourth-order valence-corrected chi connectivity index (χ4v) is 2.16. The van der Waals surface area contributed by atoms with Crippen LogP contribution in [-0.2, 0) is 4.74 Å². The predicted octanol–water partition coefficient (Wildman–Crippen LogP) is 3.12. The summed E-state index contributed by atoms with van der Waals surface area (Å²) < 4.78 is 18.6. The Bertz CT molecular complexity index is 484. The van der Waals surface area contributed by atoms with E-state index in [4.69, 9.17) is 16.3 Å². The van der Waals surface area contributed by atoms with Crippen molar-refractivity contribution in [2.75, 3.05) is 18.5 Å². The van der Waals surface area contributed by atoms with Gasteiger partial charge in [-0.25, -0.2) is 9.18 Å². The van der Waals surface area contributed by atoms with Crippen LogP contribution in [0.4, 0.5) is 14.9 Å². The van der Waals surface area contributed by atoms with Crippen LogP contribution in [0.1, 0.15) is 13.8 Å². The first-order chi connectivity index (χ1) is 8.99. The molecular formula is C13H16ClFN2O2. The monoisotopic (exact) mass is 286 g/mol. The molecule has 19 heavy (non-hydrogen) atoms. The molecule has 0 spiro atoms. The average molecular weight is 287 g/mol. The van der Waals surface area contributed by atoms with Crippen LogP contribution < -0.4 is 5.32 Å². The fourth-order valence-electron chi connectivity index (χ4n) is 2.00. The van der Waals surface area contributed by atoms with Gasteiger partial charge >= 0.3 is 6.03 Å². The van der Waals surface area contributed by atoms with Crippen LogP contribution in [0, 0.1) is 5.82 Å². The van der Waals surface area contributed by atoms with Gasteiger partial charge in [0.1, 0.15) is 5.82 Å². The lowest BCUT2D eigenvalue weighted by Gasteiger charge is -2.37. The summed E-state index contributed by atoms with van der Waals surface area (Å²) in [5, 5.41) is 2.94. The average Bonchev–Trinajstić information content (AvgIpc) is 2.37. The van der Waals surface area contributed by atoms with E-state index in [-0.39, 0.29) is 23.9 Å². The summed E-state index contributed by atoms with van der Waals surface area (Å²) in [6.07, 6.45) is -0.0255. The van der Waals surface area contributed by atoms with Crippen LogP contribution >= 0.6 is 11.6 Å². The number of carbonyl (C=O) groups excluding carboxylic acids is 1. The van der Waals surface area contributed by atoms with Crippen molar-refractivity contribution >= 4 is 23.3 Å². The number of morpholine rings is 1. The Morgan fingerprint density at radius 3 is 3.00 bits per heavy atom. The third-order valence-electron chi connectivity index (χ3n) is 3.31. The maximum absolute atomic E-state index is 13.1.